The fourth-order valence-electron chi connectivity index (χ4n) is 1.58. The third-order valence-electron chi connectivity index (χ3n) is 2.53. The Balaban J connectivity index is 2.25. The molecule has 0 unspecified atom stereocenters. The van der Waals surface area contributed by atoms with Crippen LogP contribution in [0.2, 0.25) is 5.15 Å². The van der Waals surface area contributed by atoms with Crippen molar-refractivity contribution in [1.29, 1.82) is 0 Å². The first-order valence-electron chi connectivity index (χ1n) is 6.28. The molecule has 0 aliphatic carbocycles. The minimum atomic E-state index is 0.185. The van der Waals surface area contributed by atoms with E-state index in [0.29, 0.717) is 11.0 Å². The molecule has 1 N–H and O–H groups in total. The van der Waals surface area contributed by atoms with Crippen molar-refractivity contribution >= 4 is 17.4 Å². The van der Waals surface area contributed by atoms with Gasteiger partial charge in [-0.25, -0.2) is 9.97 Å². The minimum absolute atomic E-state index is 0.185. The molecule has 2 aromatic rings. The molecule has 0 atom stereocenters. The van der Waals surface area contributed by atoms with Gasteiger partial charge in [-0.3, -0.25) is 0 Å². The maximum absolute atomic E-state index is 6.06. The van der Waals surface area contributed by atoms with E-state index in [1.807, 2.05) is 30.3 Å². The van der Waals surface area contributed by atoms with Crippen LogP contribution >= 0.6 is 11.6 Å². The van der Waals surface area contributed by atoms with Crippen LogP contribution in [-0.4, -0.2) is 16.5 Å². The summed E-state index contributed by atoms with van der Waals surface area (Å²) in [6.07, 6.45) is 0. The number of hydrogen-bond donors (Lipinski definition) is 1. The van der Waals surface area contributed by atoms with Crippen molar-refractivity contribution in [3.05, 3.63) is 41.6 Å². The fraction of sp³-hybridized carbons (Fsp3) is 0.333. The van der Waals surface area contributed by atoms with Crippen LogP contribution in [0.4, 0.5) is 5.82 Å². The molecule has 0 aliphatic heterocycles. The molecule has 3 nitrogen and oxygen atoms in total. The Kier molecular flexibility index (Phi) is 4.05. The van der Waals surface area contributed by atoms with E-state index >= 15 is 0 Å². The highest BCUT2D eigenvalue weighted by molar-refractivity contribution is 6.29. The standard InChI is InChI=1S/C15H18ClN3/c1-15(2,3)10-17-13-9-12(16)18-14(19-13)11-7-5-4-6-8-11/h4-9H,10H2,1-3H3,(H,17,18,19). The lowest BCUT2D eigenvalue weighted by Crippen LogP contribution is -2.19. The summed E-state index contributed by atoms with van der Waals surface area (Å²) in [5.41, 5.74) is 1.15. The lowest BCUT2D eigenvalue weighted by Gasteiger charge is -2.19. The molecule has 2 rings (SSSR count). The van der Waals surface area contributed by atoms with Crippen LogP contribution in [0.25, 0.3) is 11.4 Å². The summed E-state index contributed by atoms with van der Waals surface area (Å²) in [5.74, 6) is 1.40. The van der Waals surface area contributed by atoms with Gasteiger partial charge in [0.05, 0.1) is 0 Å². The Morgan fingerprint density at radius 2 is 1.79 bits per heavy atom. The summed E-state index contributed by atoms with van der Waals surface area (Å²) in [4.78, 5) is 8.76. The molecular weight excluding hydrogens is 258 g/mol. The van der Waals surface area contributed by atoms with E-state index in [4.69, 9.17) is 11.6 Å². The molecule has 0 radical (unpaired) electrons. The van der Waals surface area contributed by atoms with Gasteiger partial charge in [0, 0.05) is 18.2 Å². The van der Waals surface area contributed by atoms with Gasteiger partial charge in [0.2, 0.25) is 0 Å². The predicted molar refractivity (Wildman–Crippen MR) is 80.4 cm³/mol. The van der Waals surface area contributed by atoms with Gasteiger partial charge in [0.25, 0.3) is 0 Å². The molecule has 4 heteroatoms. The van der Waals surface area contributed by atoms with Gasteiger partial charge >= 0.3 is 0 Å². The van der Waals surface area contributed by atoms with E-state index in [2.05, 4.69) is 36.1 Å². The molecule has 100 valence electrons. The predicted octanol–water partition coefficient (Wildman–Crippen LogP) is 4.26. The number of nitrogens with one attached hydrogen (secondary N) is 1. The Morgan fingerprint density at radius 3 is 2.42 bits per heavy atom. The van der Waals surface area contributed by atoms with Crippen molar-refractivity contribution in [2.24, 2.45) is 5.41 Å². The van der Waals surface area contributed by atoms with Crippen LogP contribution in [0.1, 0.15) is 20.8 Å². The summed E-state index contributed by atoms with van der Waals surface area (Å²) in [6.45, 7) is 7.33. The number of benzene rings is 1. The molecule has 1 aromatic heterocycles. The fourth-order valence-corrected chi connectivity index (χ4v) is 1.76. The van der Waals surface area contributed by atoms with Gasteiger partial charge in [0.1, 0.15) is 11.0 Å². The van der Waals surface area contributed by atoms with Crippen molar-refractivity contribution < 1.29 is 0 Å². The molecule has 0 aliphatic rings. The molecule has 1 heterocycles. The number of aromatic nitrogens is 2. The average molecular weight is 276 g/mol. The van der Waals surface area contributed by atoms with Crippen molar-refractivity contribution in [3.8, 4) is 11.4 Å². The van der Waals surface area contributed by atoms with E-state index in [1.165, 1.54) is 0 Å². The molecule has 0 amide bonds. The zero-order valence-electron chi connectivity index (χ0n) is 11.4. The van der Waals surface area contributed by atoms with E-state index in [1.54, 1.807) is 6.07 Å². The smallest absolute Gasteiger partial charge is 0.163 e. The first-order chi connectivity index (χ1) is 8.94. The zero-order chi connectivity index (χ0) is 13.9. The number of hydrogen-bond acceptors (Lipinski definition) is 3. The third-order valence-corrected chi connectivity index (χ3v) is 2.72. The largest absolute Gasteiger partial charge is 0.369 e. The molecule has 0 spiro atoms. The Labute approximate surface area is 119 Å². The lowest BCUT2D eigenvalue weighted by molar-refractivity contribution is 0.442. The molecular formula is C15H18ClN3. The van der Waals surface area contributed by atoms with Gasteiger partial charge in [0.15, 0.2) is 5.82 Å². The summed E-state index contributed by atoms with van der Waals surface area (Å²) < 4.78 is 0. The van der Waals surface area contributed by atoms with Crippen LogP contribution in [-0.2, 0) is 0 Å². The van der Waals surface area contributed by atoms with Crippen LogP contribution in [0.5, 0.6) is 0 Å². The highest BCUT2D eigenvalue weighted by Crippen LogP contribution is 2.21. The van der Waals surface area contributed by atoms with Crippen LogP contribution in [0.15, 0.2) is 36.4 Å². The third kappa shape index (κ3) is 4.21. The van der Waals surface area contributed by atoms with E-state index in [-0.39, 0.29) is 5.41 Å². The number of anilines is 1. The Hall–Kier alpha value is -1.61. The quantitative estimate of drug-likeness (QED) is 0.851. The summed E-state index contributed by atoms with van der Waals surface area (Å²) in [5, 5.41) is 3.75. The topological polar surface area (TPSA) is 37.8 Å². The van der Waals surface area contributed by atoms with E-state index < -0.39 is 0 Å². The zero-order valence-corrected chi connectivity index (χ0v) is 12.2. The number of rotatable bonds is 3. The van der Waals surface area contributed by atoms with E-state index in [0.717, 1.165) is 17.9 Å². The number of nitrogens with zero attached hydrogens (tertiary/aromatic N) is 2. The second-order valence-corrected chi connectivity index (χ2v) is 6.07. The monoisotopic (exact) mass is 275 g/mol. The molecule has 1 aromatic carbocycles. The minimum Gasteiger partial charge on any atom is -0.369 e. The van der Waals surface area contributed by atoms with Gasteiger partial charge in [-0.15, -0.1) is 0 Å². The van der Waals surface area contributed by atoms with Crippen molar-refractivity contribution in [3.63, 3.8) is 0 Å². The molecule has 0 saturated carbocycles. The summed E-state index contributed by atoms with van der Waals surface area (Å²) in [6, 6.07) is 11.6. The van der Waals surface area contributed by atoms with Crippen molar-refractivity contribution in [1.82, 2.24) is 9.97 Å². The first kappa shape index (κ1) is 13.8. The second-order valence-electron chi connectivity index (χ2n) is 5.68. The van der Waals surface area contributed by atoms with Gasteiger partial charge in [-0.05, 0) is 5.41 Å². The maximum Gasteiger partial charge on any atom is 0.163 e. The first-order valence-corrected chi connectivity index (χ1v) is 6.66. The normalized spacial score (nSPS) is 11.4. The van der Waals surface area contributed by atoms with E-state index in [9.17, 15) is 0 Å². The van der Waals surface area contributed by atoms with Crippen LogP contribution in [0, 0.1) is 5.41 Å². The van der Waals surface area contributed by atoms with Crippen LogP contribution < -0.4 is 5.32 Å². The molecule has 0 saturated heterocycles. The summed E-state index contributed by atoms with van der Waals surface area (Å²) >= 11 is 6.06. The Morgan fingerprint density at radius 1 is 1.11 bits per heavy atom. The highest BCUT2D eigenvalue weighted by atomic mass is 35.5. The van der Waals surface area contributed by atoms with Gasteiger partial charge < -0.3 is 5.32 Å². The van der Waals surface area contributed by atoms with Crippen molar-refractivity contribution in [2.45, 2.75) is 20.8 Å². The molecule has 19 heavy (non-hydrogen) atoms. The average Bonchev–Trinajstić information content (AvgIpc) is 2.36. The summed E-state index contributed by atoms with van der Waals surface area (Å²) in [7, 11) is 0. The van der Waals surface area contributed by atoms with Crippen molar-refractivity contribution in [2.75, 3.05) is 11.9 Å². The second kappa shape index (κ2) is 5.57. The SMILES string of the molecule is CC(C)(C)CNc1cc(Cl)nc(-c2ccccc2)n1. The molecule has 0 bridgehead atoms. The Bertz CT molecular complexity index is 547. The van der Waals surface area contributed by atoms with Gasteiger partial charge in [-0.2, -0.15) is 0 Å². The maximum atomic E-state index is 6.06. The van der Waals surface area contributed by atoms with Gasteiger partial charge in [-0.1, -0.05) is 62.7 Å². The van der Waals surface area contributed by atoms with Crippen LogP contribution in [0.3, 0.4) is 0 Å². The lowest BCUT2D eigenvalue weighted by atomic mass is 9.97. The number of halogens is 1. The highest BCUT2D eigenvalue weighted by Gasteiger charge is 2.11. The molecule has 0 fully saturated rings.